The molecule has 1 fully saturated rings. The fourth-order valence-electron chi connectivity index (χ4n) is 3.25. The van der Waals surface area contributed by atoms with Gasteiger partial charge in [0.1, 0.15) is 11.9 Å². The highest BCUT2D eigenvalue weighted by Crippen LogP contribution is 2.20. The predicted octanol–water partition coefficient (Wildman–Crippen LogP) is 3.14. The zero-order valence-corrected chi connectivity index (χ0v) is 16.5. The SMILES string of the molecule is N#Cc1ccc(Cl)cc1NC(=O)CN1CCCN(C(=O)c2cccc(F)c2)CC1. The summed E-state index contributed by atoms with van der Waals surface area (Å²) in [6.07, 6.45) is 0.703. The number of nitrogens with one attached hydrogen (secondary N) is 1. The van der Waals surface area contributed by atoms with E-state index in [-0.39, 0.29) is 18.4 Å². The molecule has 6 nitrogen and oxygen atoms in total. The molecular formula is C21H20ClFN4O2. The quantitative estimate of drug-likeness (QED) is 0.833. The lowest BCUT2D eigenvalue weighted by Gasteiger charge is -2.22. The van der Waals surface area contributed by atoms with E-state index in [0.29, 0.717) is 54.4 Å². The van der Waals surface area contributed by atoms with E-state index in [0.717, 1.165) is 0 Å². The van der Waals surface area contributed by atoms with Crippen LogP contribution >= 0.6 is 11.6 Å². The summed E-state index contributed by atoms with van der Waals surface area (Å²) in [4.78, 5) is 28.6. The van der Waals surface area contributed by atoms with Gasteiger partial charge >= 0.3 is 0 Å². The van der Waals surface area contributed by atoms with Crippen molar-refractivity contribution >= 4 is 29.1 Å². The Labute approximate surface area is 173 Å². The number of anilines is 1. The number of carbonyl (C=O) groups is 2. The van der Waals surface area contributed by atoms with Crippen molar-refractivity contribution in [2.75, 3.05) is 38.0 Å². The average Bonchev–Trinajstić information content (AvgIpc) is 2.93. The molecule has 0 saturated carbocycles. The van der Waals surface area contributed by atoms with Crippen molar-refractivity contribution in [2.45, 2.75) is 6.42 Å². The van der Waals surface area contributed by atoms with Crippen LogP contribution in [0.15, 0.2) is 42.5 Å². The number of benzene rings is 2. The van der Waals surface area contributed by atoms with Gasteiger partial charge < -0.3 is 10.2 Å². The Kier molecular flexibility index (Phi) is 6.81. The van der Waals surface area contributed by atoms with Gasteiger partial charge in [0.15, 0.2) is 0 Å². The minimum atomic E-state index is -0.443. The summed E-state index contributed by atoms with van der Waals surface area (Å²) in [5.41, 5.74) is 1.04. The van der Waals surface area contributed by atoms with Gasteiger partial charge in [0.25, 0.3) is 5.91 Å². The van der Waals surface area contributed by atoms with Crippen molar-refractivity contribution in [3.63, 3.8) is 0 Å². The Balaban J connectivity index is 1.57. The van der Waals surface area contributed by atoms with E-state index in [1.165, 1.54) is 18.2 Å². The van der Waals surface area contributed by atoms with Gasteiger partial charge in [-0.1, -0.05) is 17.7 Å². The van der Waals surface area contributed by atoms with Crippen LogP contribution < -0.4 is 5.32 Å². The molecule has 0 aromatic heterocycles. The van der Waals surface area contributed by atoms with Gasteiger partial charge in [-0.15, -0.1) is 0 Å². The third kappa shape index (κ3) is 5.53. The topological polar surface area (TPSA) is 76.4 Å². The molecule has 1 aliphatic rings. The zero-order chi connectivity index (χ0) is 20.8. The van der Waals surface area contributed by atoms with Gasteiger partial charge in [-0.2, -0.15) is 5.26 Å². The number of hydrogen-bond acceptors (Lipinski definition) is 4. The molecule has 1 N–H and O–H groups in total. The third-order valence-electron chi connectivity index (χ3n) is 4.69. The van der Waals surface area contributed by atoms with Gasteiger partial charge in [-0.3, -0.25) is 14.5 Å². The van der Waals surface area contributed by atoms with Crippen molar-refractivity contribution < 1.29 is 14.0 Å². The highest BCUT2D eigenvalue weighted by molar-refractivity contribution is 6.31. The van der Waals surface area contributed by atoms with Crippen molar-refractivity contribution in [2.24, 2.45) is 0 Å². The van der Waals surface area contributed by atoms with Crippen molar-refractivity contribution in [1.82, 2.24) is 9.80 Å². The van der Waals surface area contributed by atoms with E-state index >= 15 is 0 Å². The van der Waals surface area contributed by atoms with Gasteiger partial charge in [0.05, 0.1) is 17.8 Å². The Morgan fingerprint density at radius 1 is 1.14 bits per heavy atom. The summed E-state index contributed by atoms with van der Waals surface area (Å²) in [5, 5.41) is 12.3. The number of amides is 2. The second-order valence-electron chi connectivity index (χ2n) is 6.78. The lowest BCUT2D eigenvalue weighted by molar-refractivity contribution is -0.117. The molecule has 0 atom stereocenters. The van der Waals surface area contributed by atoms with E-state index in [1.807, 2.05) is 11.0 Å². The predicted molar refractivity (Wildman–Crippen MR) is 108 cm³/mol. The largest absolute Gasteiger partial charge is 0.337 e. The number of nitriles is 1. The van der Waals surface area contributed by atoms with E-state index < -0.39 is 5.82 Å². The molecule has 1 saturated heterocycles. The van der Waals surface area contributed by atoms with Crippen LogP contribution in [0.25, 0.3) is 0 Å². The summed E-state index contributed by atoms with van der Waals surface area (Å²) in [6, 6.07) is 12.4. The van der Waals surface area contributed by atoms with Crippen LogP contribution in [-0.2, 0) is 4.79 Å². The van der Waals surface area contributed by atoms with Crippen molar-refractivity contribution in [1.29, 1.82) is 5.26 Å². The van der Waals surface area contributed by atoms with Gasteiger partial charge in [-0.05, 0) is 42.8 Å². The molecule has 0 aliphatic carbocycles. The van der Waals surface area contributed by atoms with Crippen molar-refractivity contribution in [3.05, 3.63) is 64.4 Å². The summed E-state index contributed by atoms with van der Waals surface area (Å²) >= 11 is 5.94. The first-order valence-corrected chi connectivity index (χ1v) is 9.61. The van der Waals surface area contributed by atoms with Gasteiger partial charge in [0, 0.05) is 36.8 Å². The Morgan fingerprint density at radius 2 is 1.97 bits per heavy atom. The molecule has 8 heteroatoms. The maximum atomic E-state index is 13.4. The van der Waals surface area contributed by atoms with E-state index in [2.05, 4.69) is 5.32 Å². The summed E-state index contributed by atoms with van der Waals surface area (Å²) in [6.45, 7) is 2.30. The van der Waals surface area contributed by atoms with E-state index in [1.54, 1.807) is 29.2 Å². The summed E-state index contributed by atoms with van der Waals surface area (Å²) in [5.74, 6) is -0.913. The van der Waals surface area contributed by atoms with E-state index in [9.17, 15) is 14.0 Å². The number of carbonyl (C=O) groups excluding carboxylic acids is 2. The maximum Gasteiger partial charge on any atom is 0.254 e. The van der Waals surface area contributed by atoms with Crippen LogP contribution in [0.4, 0.5) is 10.1 Å². The third-order valence-corrected chi connectivity index (χ3v) is 4.93. The fourth-order valence-corrected chi connectivity index (χ4v) is 3.42. The highest BCUT2D eigenvalue weighted by atomic mass is 35.5. The van der Waals surface area contributed by atoms with Crippen LogP contribution in [0, 0.1) is 17.1 Å². The maximum absolute atomic E-state index is 13.4. The molecule has 2 amide bonds. The number of halogens is 2. The second kappa shape index (κ2) is 9.50. The first-order chi connectivity index (χ1) is 14.0. The van der Waals surface area contributed by atoms with Crippen LogP contribution in [0.2, 0.25) is 5.02 Å². The lowest BCUT2D eigenvalue weighted by atomic mass is 10.2. The minimum absolute atomic E-state index is 0.138. The molecule has 0 unspecified atom stereocenters. The molecule has 0 bridgehead atoms. The Morgan fingerprint density at radius 3 is 2.72 bits per heavy atom. The molecule has 29 heavy (non-hydrogen) atoms. The standard InChI is InChI=1S/C21H20ClFN4O2/c22-17-6-5-16(13-24)19(12-17)25-20(28)14-26-7-2-8-27(10-9-26)21(29)15-3-1-4-18(23)11-15/h1,3-6,11-12H,2,7-10,14H2,(H,25,28). The lowest BCUT2D eigenvalue weighted by Crippen LogP contribution is -2.38. The Bertz CT molecular complexity index is 960. The molecule has 150 valence electrons. The summed E-state index contributed by atoms with van der Waals surface area (Å²) < 4.78 is 13.4. The van der Waals surface area contributed by atoms with Crippen LogP contribution in [0.3, 0.4) is 0 Å². The van der Waals surface area contributed by atoms with Crippen molar-refractivity contribution in [3.8, 4) is 6.07 Å². The summed E-state index contributed by atoms with van der Waals surface area (Å²) in [7, 11) is 0. The van der Waals surface area contributed by atoms with Crippen LogP contribution in [-0.4, -0.2) is 54.3 Å². The number of rotatable bonds is 4. The van der Waals surface area contributed by atoms with Gasteiger partial charge in [0.2, 0.25) is 5.91 Å². The second-order valence-corrected chi connectivity index (χ2v) is 7.22. The smallest absolute Gasteiger partial charge is 0.254 e. The van der Waals surface area contributed by atoms with E-state index in [4.69, 9.17) is 16.9 Å². The monoisotopic (exact) mass is 414 g/mol. The van der Waals surface area contributed by atoms with Gasteiger partial charge in [-0.25, -0.2) is 4.39 Å². The average molecular weight is 415 g/mol. The molecule has 0 radical (unpaired) electrons. The normalized spacial score (nSPS) is 14.7. The van der Waals surface area contributed by atoms with Crippen LogP contribution in [0.1, 0.15) is 22.3 Å². The first-order valence-electron chi connectivity index (χ1n) is 9.23. The zero-order valence-electron chi connectivity index (χ0n) is 15.7. The first kappa shape index (κ1) is 20.8. The highest BCUT2D eigenvalue weighted by Gasteiger charge is 2.22. The minimum Gasteiger partial charge on any atom is -0.337 e. The van der Waals surface area contributed by atoms with Crippen LogP contribution in [0.5, 0.6) is 0 Å². The molecule has 2 aromatic carbocycles. The fraction of sp³-hybridized carbons (Fsp3) is 0.286. The number of hydrogen-bond donors (Lipinski definition) is 1. The molecule has 2 aromatic rings. The molecule has 1 heterocycles. The molecular weight excluding hydrogens is 395 g/mol. The Hall–Kier alpha value is -2.95. The molecule has 3 rings (SSSR count). The number of nitrogens with zero attached hydrogens (tertiary/aromatic N) is 3. The molecule has 0 spiro atoms. The molecule has 1 aliphatic heterocycles.